The van der Waals surface area contributed by atoms with Gasteiger partial charge in [0.1, 0.15) is 0 Å². The second-order valence-electron chi connectivity index (χ2n) is 3.64. The molecule has 0 bridgehead atoms. The molecule has 1 unspecified atom stereocenters. The maximum atomic E-state index is 9.88. The van der Waals surface area contributed by atoms with Gasteiger partial charge in [-0.25, -0.2) is 0 Å². The van der Waals surface area contributed by atoms with E-state index in [0.29, 0.717) is 0 Å². The van der Waals surface area contributed by atoms with Crippen LogP contribution in [-0.4, -0.2) is 16.2 Å². The van der Waals surface area contributed by atoms with E-state index in [-0.39, 0.29) is 6.54 Å². The number of aryl methyl sites for hydroxylation is 1. The SMILES string of the molecule is Cn1cc(C(O)CN=[N+]=[N-])c2ccccc21. The molecule has 1 aromatic carbocycles. The second-order valence-corrected chi connectivity index (χ2v) is 3.64. The van der Waals surface area contributed by atoms with Gasteiger partial charge in [-0.1, -0.05) is 23.3 Å². The maximum Gasteiger partial charge on any atom is 0.0867 e. The van der Waals surface area contributed by atoms with Crippen molar-refractivity contribution in [3.8, 4) is 0 Å². The van der Waals surface area contributed by atoms with Gasteiger partial charge in [0.15, 0.2) is 0 Å². The lowest BCUT2D eigenvalue weighted by molar-refractivity contribution is 0.188. The third kappa shape index (κ3) is 1.74. The van der Waals surface area contributed by atoms with Gasteiger partial charge < -0.3 is 9.67 Å². The molecule has 0 spiro atoms. The first-order chi connectivity index (χ1) is 7.74. The molecule has 0 aliphatic carbocycles. The van der Waals surface area contributed by atoms with Crippen molar-refractivity contribution >= 4 is 10.9 Å². The molecule has 2 aromatic rings. The summed E-state index contributed by atoms with van der Waals surface area (Å²) < 4.78 is 1.95. The molecule has 0 aliphatic rings. The number of azide groups is 1. The van der Waals surface area contributed by atoms with Crippen LogP contribution >= 0.6 is 0 Å². The number of fused-ring (bicyclic) bond motifs is 1. The molecule has 1 aromatic heterocycles. The predicted molar refractivity (Wildman–Crippen MR) is 61.9 cm³/mol. The Balaban J connectivity index is 2.48. The van der Waals surface area contributed by atoms with Crippen LogP contribution in [0.2, 0.25) is 0 Å². The molecule has 0 saturated heterocycles. The summed E-state index contributed by atoms with van der Waals surface area (Å²) in [7, 11) is 1.92. The molecule has 2 rings (SSSR count). The van der Waals surface area contributed by atoms with Crippen LogP contribution in [0.15, 0.2) is 35.6 Å². The van der Waals surface area contributed by atoms with E-state index in [1.54, 1.807) is 0 Å². The van der Waals surface area contributed by atoms with E-state index in [4.69, 9.17) is 5.53 Å². The number of benzene rings is 1. The molecule has 1 heterocycles. The minimum Gasteiger partial charge on any atom is -0.388 e. The minimum atomic E-state index is -0.748. The maximum absolute atomic E-state index is 9.88. The number of aliphatic hydroxyl groups excluding tert-OH is 1. The molecule has 0 radical (unpaired) electrons. The fraction of sp³-hybridized carbons (Fsp3) is 0.273. The van der Waals surface area contributed by atoms with Crippen LogP contribution < -0.4 is 0 Å². The minimum absolute atomic E-state index is 0.0600. The van der Waals surface area contributed by atoms with Gasteiger partial charge in [-0.15, -0.1) is 0 Å². The van der Waals surface area contributed by atoms with Crippen LogP contribution in [0, 0.1) is 0 Å². The molecule has 5 heteroatoms. The second kappa shape index (κ2) is 4.26. The third-order valence-electron chi connectivity index (χ3n) is 2.60. The summed E-state index contributed by atoms with van der Waals surface area (Å²) in [4.78, 5) is 2.65. The zero-order valence-electron chi connectivity index (χ0n) is 8.91. The van der Waals surface area contributed by atoms with Gasteiger partial charge in [0.25, 0.3) is 0 Å². The van der Waals surface area contributed by atoms with Crippen LogP contribution in [0.1, 0.15) is 11.7 Å². The Morgan fingerprint density at radius 3 is 3.00 bits per heavy atom. The molecule has 1 N–H and O–H groups in total. The standard InChI is InChI=1S/C11H12N4O/c1-15-7-9(11(16)6-13-14-12)8-4-2-3-5-10(8)15/h2-5,7,11,16H,6H2,1H3. The van der Waals surface area contributed by atoms with Crippen LogP contribution in [0.5, 0.6) is 0 Å². The van der Waals surface area contributed by atoms with E-state index >= 15 is 0 Å². The number of nitrogens with zero attached hydrogens (tertiary/aromatic N) is 4. The van der Waals surface area contributed by atoms with Crippen molar-refractivity contribution in [2.45, 2.75) is 6.10 Å². The van der Waals surface area contributed by atoms with E-state index in [9.17, 15) is 5.11 Å². The Morgan fingerprint density at radius 2 is 2.25 bits per heavy atom. The van der Waals surface area contributed by atoms with Crippen molar-refractivity contribution in [3.63, 3.8) is 0 Å². The Hall–Kier alpha value is -1.97. The van der Waals surface area contributed by atoms with Crippen molar-refractivity contribution in [2.24, 2.45) is 12.2 Å². The lowest BCUT2D eigenvalue weighted by atomic mass is 10.1. The van der Waals surface area contributed by atoms with E-state index in [1.807, 2.05) is 42.1 Å². The van der Waals surface area contributed by atoms with E-state index < -0.39 is 6.10 Å². The summed E-state index contributed by atoms with van der Waals surface area (Å²) >= 11 is 0. The molecule has 82 valence electrons. The number of para-hydroxylation sites is 1. The Labute approximate surface area is 92.6 Å². The molecule has 0 aliphatic heterocycles. The van der Waals surface area contributed by atoms with Crippen LogP contribution in [0.3, 0.4) is 0 Å². The zero-order valence-corrected chi connectivity index (χ0v) is 8.91. The molecule has 0 fully saturated rings. The highest BCUT2D eigenvalue weighted by atomic mass is 16.3. The highest BCUT2D eigenvalue weighted by molar-refractivity contribution is 5.84. The Morgan fingerprint density at radius 1 is 1.50 bits per heavy atom. The summed E-state index contributed by atoms with van der Waals surface area (Å²) in [5, 5.41) is 14.3. The fourth-order valence-electron chi connectivity index (χ4n) is 1.85. The summed E-state index contributed by atoms with van der Waals surface area (Å²) in [6, 6.07) is 7.81. The summed E-state index contributed by atoms with van der Waals surface area (Å²) in [5.74, 6) is 0. The quantitative estimate of drug-likeness (QED) is 0.477. The molecule has 5 nitrogen and oxygen atoms in total. The number of aromatic nitrogens is 1. The largest absolute Gasteiger partial charge is 0.388 e. The highest BCUT2D eigenvalue weighted by Gasteiger charge is 2.13. The van der Waals surface area contributed by atoms with Gasteiger partial charge in [-0.2, -0.15) is 0 Å². The highest BCUT2D eigenvalue weighted by Crippen LogP contribution is 2.25. The van der Waals surface area contributed by atoms with Crippen molar-refractivity contribution < 1.29 is 5.11 Å². The van der Waals surface area contributed by atoms with Gasteiger partial charge in [-0.3, -0.25) is 0 Å². The van der Waals surface area contributed by atoms with Crippen molar-refractivity contribution in [2.75, 3.05) is 6.54 Å². The Kier molecular flexibility index (Phi) is 2.81. The van der Waals surface area contributed by atoms with Gasteiger partial charge >= 0.3 is 0 Å². The molecular formula is C11H12N4O. The first-order valence-electron chi connectivity index (χ1n) is 4.97. The monoisotopic (exact) mass is 216 g/mol. The van der Waals surface area contributed by atoms with Crippen LogP contribution in [-0.2, 0) is 7.05 Å². The van der Waals surface area contributed by atoms with Crippen molar-refractivity contribution in [1.82, 2.24) is 4.57 Å². The summed E-state index contributed by atoms with van der Waals surface area (Å²) in [6.45, 7) is 0.0600. The van der Waals surface area contributed by atoms with Crippen LogP contribution in [0.4, 0.5) is 0 Å². The number of rotatable bonds is 3. The smallest absolute Gasteiger partial charge is 0.0867 e. The number of hydrogen-bond donors (Lipinski definition) is 1. The number of hydrogen-bond acceptors (Lipinski definition) is 2. The Bertz CT molecular complexity index is 554. The lowest BCUT2D eigenvalue weighted by Gasteiger charge is -2.04. The van der Waals surface area contributed by atoms with E-state index in [1.165, 1.54) is 0 Å². The molecule has 0 amide bonds. The average molecular weight is 216 g/mol. The third-order valence-corrected chi connectivity index (χ3v) is 2.60. The predicted octanol–water partition coefficient (Wildman–Crippen LogP) is 2.52. The molecule has 0 saturated carbocycles. The normalized spacial score (nSPS) is 12.4. The van der Waals surface area contributed by atoms with Gasteiger partial charge in [0.05, 0.1) is 12.6 Å². The molecular weight excluding hydrogens is 204 g/mol. The lowest BCUT2D eigenvalue weighted by Crippen LogP contribution is -1.99. The van der Waals surface area contributed by atoms with Crippen LogP contribution in [0.25, 0.3) is 21.3 Å². The zero-order chi connectivity index (χ0) is 11.5. The first-order valence-corrected chi connectivity index (χ1v) is 4.97. The van der Waals surface area contributed by atoms with Gasteiger partial charge in [0.2, 0.25) is 0 Å². The van der Waals surface area contributed by atoms with E-state index in [0.717, 1.165) is 16.5 Å². The van der Waals surface area contributed by atoms with Gasteiger partial charge in [-0.05, 0) is 11.6 Å². The first kappa shape index (κ1) is 10.5. The molecule has 16 heavy (non-hydrogen) atoms. The van der Waals surface area contributed by atoms with E-state index in [2.05, 4.69) is 10.0 Å². The molecule has 1 atom stereocenters. The van der Waals surface area contributed by atoms with Crippen molar-refractivity contribution in [1.29, 1.82) is 0 Å². The number of aliphatic hydroxyl groups is 1. The van der Waals surface area contributed by atoms with Crippen molar-refractivity contribution in [3.05, 3.63) is 46.5 Å². The summed E-state index contributed by atoms with van der Waals surface area (Å²) in [5.41, 5.74) is 10.1. The average Bonchev–Trinajstić information content (AvgIpc) is 2.65. The topological polar surface area (TPSA) is 73.9 Å². The fourth-order valence-corrected chi connectivity index (χ4v) is 1.85. The summed E-state index contributed by atoms with van der Waals surface area (Å²) in [6.07, 6.45) is 1.12. The van der Waals surface area contributed by atoms with Gasteiger partial charge in [0, 0.05) is 34.6 Å².